The van der Waals surface area contributed by atoms with Crippen molar-refractivity contribution in [2.75, 3.05) is 13.1 Å². The average molecular weight is 250 g/mol. The first-order valence-corrected chi connectivity index (χ1v) is 6.56. The van der Waals surface area contributed by atoms with Crippen molar-refractivity contribution in [2.45, 2.75) is 39.2 Å². The highest BCUT2D eigenvalue weighted by atomic mass is 16.4. The number of hydrogen-bond donors (Lipinski definition) is 1. The van der Waals surface area contributed by atoms with E-state index in [4.69, 9.17) is 5.11 Å². The van der Waals surface area contributed by atoms with Gasteiger partial charge in [-0.2, -0.15) is 0 Å². The van der Waals surface area contributed by atoms with Gasteiger partial charge in [0.2, 0.25) is 0 Å². The van der Waals surface area contributed by atoms with E-state index in [1.165, 1.54) is 17.0 Å². The molecule has 2 rings (SSSR count). The second-order valence-corrected chi connectivity index (χ2v) is 5.30. The lowest BCUT2D eigenvalue weighted by Gasteiger charge is -2.19. The van der Waals surface area contributed by atoms with Gasteiger partial charge in [0.1, 0.15) is 0 Å². The Kier molecular flexibility index (Phi) is 3.76. The van der Waals surface area contributed by atoms with Gasteiger partial charge in [0, 0.05) is 31.0 Å². The van der Waals surface area contributed by atoms with E-state index in [1.54, 1.807) is 0 Å². The van der Waals surface area contributed by atoms with Gasteiger partial charge in [0.25, 0.3) is 0 Å². The topological polar surface area (TPSA) is 45.5 Å². The molecule has 0 atom stereocenters. The SMILES string of the molecule is Cc1cc(CCN(CC(=O)O)C2CC2)c(C)n1C. The Balaban J connectivity index is 1.96. The van der Waals surface area contributed by atoms with Gasteiger partial charge in [0.15, 0.2) is 0 Å². The first kappa shape index (κ1) is 13.1. The predicted octanol–water partition coefficient (Wildman–Crippen LogP) is 1.73. The highest BCUT2D eigenvalue weighted by molar-refractivity contribution is 5.69. The summed E-state index contributed by atoms with van der Waals surface area (Å²) in [4.78, 5) is 12.9. The van der Waals surface area contributed by atoms with Crippen molar-refractivity contribution >= 4 is 5.97 Å². The molecule has 18 heavy (non-hydrogen) atoms. The number of hydrogen-bond acceptors (Lipinski definition) is 2. The van der Waals surface area contributed by atoms with Crippen LogP contribution in [0.2, 0.25) is 0 Å². The summed E-state index contributed by atoms with van der Waals surface area (Å²) in [6.07, 6.45) is 3.25. The molecule has 0 saturated heterocycles. The maximum absolute atomic E-state index is 10.8. The van der Waals surface area contributed by atoms with Crippen molar-refractivity contribution in [2.24, 2.45) is 7.05 Å². The third-order valence-corrected chi connectivity index (χ3v) is 3.95. The van der Waals surface area contributed by atoms with Crippen LogP contribution in [0, 0.1) is 13.8 Å². The maximum Gasteiger partial charge on any atom is 0.317 e. The molecule has 1 saturated carbocycles. The summed E-state index contributed by atoms with van der Waals surface area (Å²) in [5, 5.41) is 8.91. The van der Waals surface area contributed by atoms with E-state index in [1.807, 2.05) is 0 Å². The Hall–Kier alpha value is -1.29. The number of aryl methyl sites for hydroxylation is 1. The summed E-state index contributed by atoms with van der Waals surface area (Å²) in [6, 6.07) is 2.72. The van der Waals surface area contributed by atoms with Crippen LogP contribution in [-0.2, 0) is 18.3 Å². The third-order valence-electron chi connectivity index (χ3n) is 3.95. The van der Waals surface area contributed by atoms with Gasteiger partial charge in [-0.1, -0.05) is 0 Å². The minimum Gasteiger partial charge on any atom is -0.480 e. The monoisotopic (exact) mass is 250 g/mol. The van der Waals surface area contributed by atoms with Crippen LogP contribution in [-0.4, -0.2) is 39.7 Å². The van der Waals surface area contributed by atoms with Crippen molar-refractivity contribution < 1.29 is 9.90 Å². The summed E-state index contributed by atoms with van der Waals surface area (Å²) >= 11 is 0. The molecule has 0 radical (unpaired) electrons. The number of aliphatic carboxylic acids is 1. The standard InChI is InChI=1S/C14H22N2O2/c1-10-8-12(11(2)15(10)3)6-7-16(9-14(17)18)13-4-5-13/h8,13H,4-7,9H2,1-3H3,(H,17,18). The van der Waals surface area contributed by atoms with Gasteiger partial charge in [-0.25, -0.2) is 0 Å². The second-order valence-electron chi connectivity index (χ2n) is 5.30. The van der Waals surface area contributed by atoms with Crippen LogP contribution in [0.15, 0.2) is 6.07 Å². The third kappa shape index (κ3) is 2.93. The van der Waals surface area contributed by atoms with Gasteiger partial charge >= 0.3 is 5.97 Å². The molecular formula is C14H22N2O2. The zero-order valence-corrected chi connectivity index (χ0v) is 11.4. The number of carboxylic acids is 1. The molecule has 0 aromatic carbocycles. The molecule has 4 nitrogen and oxygen atoms in total. The van der Waals surface area contributed by atoms with Crippen molar-refractivity contribution in [1.29, 1.82) is 0 Å². The average Bonchev–Trinajstić information content (AvgIpc) is 3.10. The zero-order valence-electron chi connectivity index (χ0n) is 11.4. The van der Waals surface area contributed by atoms with E-state index < -0.39 is 5.97 Å². The molecule has 1 aromatic rings. The Bertz CT molecular complexity index is 447. The molecule has 1 aliphatic rings. The molecule has 1 fully saturated rings. The molecule has 1 N–H and O–H groups in total. The van der Waals surface area contributed by atoms with Crippen molar-refractivity contribution in [3.63, 3.8) is 0 Å². The van der Waals surface area contributed by atoms with Crippen molar-refractivity contribution in [3.8, 4) is 0 Å². The predicted molar refractivity (Wildman–Crippen MR) is 70.8 cm³/mol. The summed E-state index contributed by atoms with van der Waals surface area (Å²) in [7, 11) is 2.07. The Morgan fingerprint density at radius 3 is 2.61 bits per heavy atom. The van der Waals surface area contributed by atoms with Crippen molar-refractivity contribution in [3.05, 3.63) is 23.0 Å². The van der Waals surface area contributed by atoms with Gasteiger partial charge in [-0.05, 0) is 44.7 Å². The van der Waals surface area contributed by atoms with E-state index in [0.717, 1.165) is 25.8 Å². The zero-order chi connectivity index (χ0) is 13.3. The number of carbonyl (C=O) groups is 1. The molecule has 0 bridgehead atoms. The van der Waals surface area contributed by atoms with Crippen LogP contribution >= 0.6 is 0 Å². The van der Waals surface area contributed by atoms with Crippen LogP contribution in [0.3, 0.4) is 0 Å². The van der Waals surface area contributed by atoms with Gasteiger partial charge < -0.3 is 9.67 Å². The lowest BCUT2D eigenvalue weighted by molar-refractivity contribution is -0.138. The molecule has 100 valence electrons. The van der Waals surface area contributed by atoms with E-state index in [-0.39, 0.29) is 6.54 Å². The van der Waals surface area contributed by atoms with Gasteiger partial charge in [-0.3, -0.25) is 9.69 Å². The highest BCUT2D eigenvalue weighted by Gasteiger charge is 2.29. The van der Waals surface area contributed by atoms with E-state index in [2.05, 4.69) is 36.4 Å². The fourth-order valence-corrected chi connectivity index (χ4v) is 2.45. The fraction of sp³-hybridized carbons (Fsp3) is 0.643. The lowest BCUT2D eigenvalue weighted by atomic mass is 10.1. The molecule has 1 aliphatic carbocycles. The van der Waals surface area contributed by atoms with Crippen LogP contribution in [0.25, 0.3) is 0 Å². The molecular weight excluding hydrogens is 228 g/mol. The van der Waals surface area contributed by atoms with Crippen molar-refractivity contribution in [1.82, 2.24) is 9.47 Å². The van der Waals surface area contributed by atoms with E-state index in [9.17, 15) is 4.79 Å². The molecule has 0 spiro atoms. The minimum atomic E-state index is -0.720. The smallest absolute Gasteiger partial charge is 0.317 e. The molecule has 1 aromatic heterocycles. The highest BCUT2D eigenvalue weighted by Crippen LogP contribution is 2.27. The Morgan fingerprint density at radius 2 is 2.17 bits per heavy atom. The molecule has 0 amide bonds. The second kappa shape index (κ2) is 5.14. The molecule has 0 aliphatic heterocycles. The van der Waals surface area contributed by atoms with E-state index in [0.29, 0.717) is 6.04 Å². The number of carboxylic acid groups (broad SMARTS) is 1. The molecule has 1 heterocycles. The maximum atomic E-state index is 10.8. The van der Waals surface area contributed by atoms with Crippen LogP contribution in [0.4, 0.5) is 0 Å². The normalized spacial score (nSPS) is 15.3. The van der Waals surface area contributed by atoms with Gasteiger partial charge in [0.05, 0.1) is 6.54 Å². The lowest BCUT2D eigenvalue weighted by Crippen LogP contribution is -2.33. The fourth-order valence-electron chi connectivity index (χ4n) is 2.45. The van der Waals surface area contributed by atoms with Gasteiger partial charge in [-0.15, -0.1) is 0 Å². The van der Waals surface area contributed by atoms with Crippen LogP contribution in [0.5, 0.6) is 0 Å². The summed E-state index contributed by atoms with van der Waals surface area (Å²) in [5.74, 6) is -0.720. The summed E-state index contributed by atoms with van der Waals surface area (Å²) in [6.45, 7) is 5.25. The quantitative estimate of drug-likeness (QED) is 0.836. The number of aromatic nitrogens is 1. The van der Waals surface area contributed by atoms with Crippen LogP contribution in [0.1, 0.15) is 29.8 Å². The number of rotatable bonds is 6. The molecule has 0 unspecified atom stereocenters. The number of nitrogens with zero attached hydrogens (tertiary/aromatic N) is 2. The minimum absolute atomic E-state index is 0.176. The first-order chi connectivity index (χ1) is 8.49. The first-order valence-electron chi connectivity index (χ1n) is 6.56. The molecule has 4 heteroatoms. The van der Waals surface area contributed by atoms with Crippen LogP contribution < -0.4 is 0 Å². The summed E-state index contributed by atoms with van der Waals surface area (Å²) < 4.78 is 2.19. The largest absolute Gasteiger partial charge is 0.480 e. The summed E-state index contributed by atoms with van der Waals surface area (Å²) in [5.41, 5.74) is 3.89. The van der Waals surface area contributed by atoms with E-state index >= 15 is 0 Å². The Morgan fingerprint density at radius 1 is 1.50 bits per heavy atom. The Labute approximate surface area is 108 Å².